The lowest BCUT2D eigenvalue weighted by atomic mass is 10.2. The van der Waals surface area contributed by atoms with Gasteiger partial charge in [0, 0.05) is 18.9 Å². The number of amides is 1. The maximum atomic E-state index is 12.3. The van der Waals surface area contributed by atoms with Gasteiger partial charge in [0.05, 0.1) is 12.1 Å². The summed E-state index contributed by atoms with van der Waals surface area (Å²) in [7, 11) is 1.77. The molecule has 1 heterocycles. The quantitative estimate of drug-likeness (QED) is 0.704. The fourth-order valence-electron chi connectivity index (χ4n) is 2.60. The Labute approximate surface area is 164 Å². The van der Waals surface area contributed by atoms with Crippen LogP contribution in [-0.2, 0) is 4.79 Å². The third kappa shape index (κ3) is 5.08. The molecular formula is C22H20N4O2. The minimum absolute atomic E-state index is 0.139. The molecule has 1 N–H and O–H groups in total. The molecule has 0 spiro atoms. The van der Waals surface area contributed by atoms with Crippen LogP contribution in [0.1, 0.15) is 11.1 Å². The second-order valence-electron chi connectivity index (χ2n) is 6.36. The second kappa shape index (κ2) is 8.69. The van der Waals surface area contributed by atoms with E-state index in [1.165, 1.54) is 6.20 Å². The number of carbonyl (C=O) groups is 1. The summed E-state index contributed by atoms with van der Waals surface area (Å²) in [6.45, 7) is 2.15. The Balaban J connectivity index is 1.55. The molecule has 0 bridgehead atoms. The van der Waals surface area contributed by atoms with Crippen LogP contribution in [0.15, 0.2) is 66.9 Å². The van der Waals surface area contributed by atoms with Gasteiger partial charge in [-0.3, -0.25) is 4.79 Å². The van der Waals surface area contributed by atoms with Crippen molar-refractivity contribution in [1.29, 1.82) is 5.26 Å². The summed E-state index contributed by atoms with van der Waals surface area (Å²) in [4.78, 5) is 18.2. The van der Waals surface area contributed by atoms with Gasteiger partial charge in [-0.25, -0.2) is 4.98 Å². The lowest BCUT2D eigenvalue weighted by Gasteiger charge is -2.17. The first-order chi connectivity index (χ1) is 13.5. The van der Waals surface area contributed by atoms with E-state index in [2.05, 4.69) is 10.3 Å². The van der Waals surface area contributed by atoms with Crippen molar-refractivity contribution in [3.05, 3.63) is 78.0 Å². The first-order valence-electron chi connectivity index (χ1n) is 8.75. The Hall–Kier alpha value is -3.85. The molecule has 0 aliphatic rings. The number of carbonyl (C=O) groups excluding carboxylic acids is 1. The molecule has 140 valence electrons. The fourth-order valence-corrected chi connectivity index (χ4v) is 2.60. The first-order valence-corrected chi connectivity index (χ1v) is 8.75. The maximum absolute atomic E-state index is 12.3. The monoisotopic (exact) mass is 372 g/mol. The lowest BCUT2D eigenvalue weighted by molar-refractivity contribution is -0.114. The molecule has 0 unspecified atom stereocenters. The minimum Gasteiger partial charge on any atom is -0.457 e. The van der Waals surface area contributed by atoms with Gasteiger partial charge < -0.3 is 15.0 Å². The van der Waals surface area contributed by atoms with E-state index in [1.54, 1.807) is 36.2 Å². The van der Waals surface area contributed by atoms with Crippen molar-refractivity contribution in [3.63, 3.8) is 0 Å². The van der Waals surface area contributed by atoms with Crippen LogP contribution in [0, 0.1) is 18.3 Å². The molecule has 1 aromatic heterocycles. The normalized spacial score (nSPS) is 10.0. The van der Waals surface area contributed by atoms with Gasteiger partial charge in [0.25, 0.3) is 0 Å². The van der Waals surface area contributed by atoms with Crippen molar-refractivity contribution >= 4 is 17.4 Å². The van der Waals surface area contributed by atoms with E-state index in [-0.39, 0.29) is 12.5 Å². The summed E-state index contributed by atoms with van der Waals surface area (Å²) in [5, 5.41) is 11.7. The Morgan fingerprint density at radius 2 is 1.93 bits per heavy atom. The van der Waals surface area contributed by atoms with Gasteiger partial charge in [0.2, 0.25) is 5.91 Å². The van der Waals surface area contributed by atoms with Crippen LogP contribution in [0.5, 0.6) is 11.5 Å². The fraction of sp³-hybridized carbons (Fsp3) is 0.136. The number of pyridine rings is 1. The van der Waals surface area contributed by atoms with Gasteiger partial charge in [-0.05, 0) is 61.0 Å². The number of nitriles is 1. The summed E-state index contributed by atoms with van der Waals surface area (Å²) in [5.41, 5.74) is 2.29. The summed E-state index contributed by atoms with van der Waals surface area (Å²) >= 11 is 0. The average Bonchev–Trinajstić information content (AvgIpc) is 2.69. The zero-order valence-corrected chi connectivity index (χ0v) is 15.7. The molecule has 0 atom stereocenters. The number of likely N-dealkylation sites (N-methyl/N-ethyl adjacent to an activating group) is 1. The van der Waals surface area contributed by atoms with Crippen molar-refractivity contribution < 1.29 is 9.53 Å². The SMILES string of the molecule is Cc1cccc(Oc2ccc(NC(=O)CN(C)c3ccc(C#N)cn3)cc2)c1. The van der Waals surface area contributed by atoms with Crippen LogP contribution < -0.4 is 15.0 Å². The third-order valence-corrected chi connectivity index (χ3v) is 4.01. The summed E-state index contributed by atoms with van der Waals surface area (Å²) in [5.74, 6) is 1.92. The van der Waals surface area contributed by atoms with Gasteiger partial charge >= 0.3 is 0 Å². The highest BCUT2D eigenvalue weighted by molar-refractivity contribution is 5.93. The molecular weight excluding hydrogens is 352 g/mol. The van der Waals surface area contributed by atoms with Crippen molar-refractivity contribution in [2.45, 2.75) is 6.92 Å². The third-order valence-electron chi connectivity index (χ3n) is 4.01. The highest BCUT2D eigenvalue weighted by Gasteiger charge is 2.09. The van der Waals surface area contributed by atoms with Crippen molar-refractivity contribution in [1.82, 2.24) is 4.98 Å². The number of rotatable bonds is 6. The number of nitrogens with zero attached hydrogens (tertiary/aromatic N) is 3. The Kier molecular flexibility index (Phi) is 5.87. The Morgan fingerprint density at radius 3 is 2.57 bits per heavy atom. The Bertz CT molecular complexity index is 992. The van der Waals surface area contributed by atoms with E-state index in [0.717, 1.165) is 11.3 Å². The zero-order chi connectivity index (χ0) is 19.9. The van der Waals surface area contributed by atoms with Gasteiger partial charge in [-0.1, -0.05) is 12.1 Å². The minimum atomic E-state index is -0.166. The van der Waals surface area contributed by atoms with Gasteiger partial charge in [0.15, 0.2) is 0 Å². The first kappa shape index (κ1) is 18.9. The molecule has 6 heteroatoms. The van der Waals surface area contributed by atoms with Crippen LogP contribution in [-0.4, -0.2) is 24.5 Å². The van der Waals surface area contributed by atoms with Crippen LogP contribution in [0.3, 0.4) is 0 Å². The van der Waals surface area contributed by atoms with Crippen molar-refractivity contribution in [2.24, 2.45) is 0 Å². The molecule has 3 rings (SSSR count). The van der Waals surface area contributed by atoms with E-state index < -0.39 is 0 Å². The topological polar surface area (TPSA) is 78.2 Å². The van der Waals surface area contributed by atoms with Crippen LogP contribution in [0.2, 0.25) is 0 Å². The number of benzene rings is 2. The van der Waals surface area contributed by atoms with E-state index in [0.29, 0.717) is 22.8 Å². The number of ether oxygens (including phenoxy) is 1. The smallest absolute Gasteiger partial charge is 0.243 e. The van der Waals surface area contributed by atoms with Crippen LogP contribution in [0.4, 0.5) is 11.5 Å². The summed E-state index contributed by atoms with van der Waals surface area (Å²) in [6.07, 6.45) is 1.48. The number of anilines is 2. The van der Waals surface area contributed by atoms with E-state index in [1.807, 2.05) is 49.4 Å². The number of aromatic nitrogens is 1. The van der Waals surface area contributed by atoms with Gasteiger partial charge in [0.1, 0.15) is 23.4 Å². The van der Waals surface area contributed by atoms with Gasteiger partial charge in [-0.15, -0.1) is 0 Å². The standard InChI is InChI=1S/C22H20N4O2/c1-16-4-3-5-20(12-16)28-19-9-7-18(8-10-19)25-22(27)15-26(2)21-11-6-17(13-23)14-24-21/h3-12,14H,15H2,1-2H3,(H,25,27). The molecule has 0 saturated heterocycles. The second-order valence-corrected chi connectivity index (χ2v) is 6.36. The molecule has 1 amide bonds. The lowest BCUT2D eigenvalue weighted by Crippen LogP contribution is -2.30. The van der Waals surface area contributed by atoms with Crippen LogP contribution >= 0.6 is 0 Å². The highest BCUT2D eigenvalue weighted by Crippen LogP contribution is 2.23. The zero-order valence-electron chi connectivity index (χ0n) is 15.7. The number of nitrogens with one attached hydrogen (secondary N) is 1. The summed E-state index contributed by atoms with van der Waals surface area (Å²) < 4.78 is 5.81. The molecule has 0 aliphatic heterocycles. The Morgan fingerprint density at radius 1 is 1.14 bits per heavy atom. The molecule has 2 aromatic carbocycles. The molecule has 0 radical (unpaired) electrons. The number of hydrogen-bond acceptors (Lipinski definition) is 5. The largest absolute Gasteiger partial charge is 0.457 e. The van der Waals surface area contributed by atoms with Gasteiger partial charge in [-0.2, -0.15) is 5.26 Å². The van der Waals surface area contributed by atoms with E-state index in [4.69, 9.17) is 10.00 Å². The molecule has 6 nitrogen and oxygen atoms in total. The number of aryl methyl sites for hydroxylation is 1. The molecule has 0 fully saturated rings. The van der Waals surface area contributed by atoms with Crippen molar-refractivity contribution in [2.75, 3.05) is 23.8 Å². The maximum Gasteiger partial charge on any atom is 0.243 e. The number of hydrogen-bond donors (Lipinski definition) is 1. The van der Waals surface area contributed by atoms with E-state index >= 15 is 0 Å². The van der Waals surface area contributed by atoms with E-state index in [9.17, 15) is 4.79 Å². The van der Waals surface area contributed by atoms with Crippen LogP contribution in [0.25, 0.3) is 0 Å². The molecule has 3 aromatic rings. The average molecular weight is 372 g/mol. The summed E-state index contributed by atoms with van der Waals surface area (Å²) in [6, 6.07) is 20.4. The molecule has 0 aliphatic carbocycles. The predicted octanol–water partition coefficient (Wildman–Crippen LogP) is 4.13. The predicted molar refractivity (Wildman–Crippen MR) is 109 cm³/mol. The molecule has 0 saturated carbocycles. The molecule has 28 heavy (non-hydrogen) atoms. The highest BCUT2D eigenvalue weighted by atomic mass is 16.5. The van der Waals surface area contributed by atoms with Crippen molar-refractivity contribution in [3.8, 4) is 17.6 Å².